The average Bonchev–Trinajstić information content (AvgIpc) is 3.22. The van der Waals surface area contributed by atoms with Gasteiger partial charge in [0.25, 0.3) is 0 Å². The highest BCUT2D eigenvalue weighted by Gasteiger charge is 2.54. The molecule has 4 N–H and O–H groups in total. The molecule has 0 bridgehead atoms. The van der Waals surface area contributed by atoms with Gasteiger partial charge in [-0.15, -0.1) is 0 Å². The number of piperidine rings is 1. The second kappa shape index (κ2) is 8.03. The molecular weight excluding hydrogens is 408 g/mol. The molecule has 3 amide bonds. The Morgan fingerprint density at radius 1 is 1.22 bits per heavy atom. The van der Waals surface area contributed by atoms with Crippen LogP contribution in [0.25, 0.3) is 0 Å². The van der Waals surface area contributed by atoms with Crippen LogP contribution in [0.4, 0.5) is 5.69 Å². The van der Waals surface area contributed by atoms with Gasteiger partial charge in [-0.05, 0) is 62.0 Å². The molecule has 1 aliphatic carbocycles. The first-order valence-electron chi connectivity index (χ1n) is 11.0. The van der Waals surface area contributed by atoms with E-state index < -0.39 is 23.3 Å². The molecule has 4 rings (SSSR count). The highest BCUT2D eigenvalue weighted by molar-refractivity contribution is 6.39. The number of carbonyl (C=O) groups excluding carboxylic acids is 3. The highest BCUT2D eigenvalue weighted by Crippen LogP contribution is 2.50. The van der Waals surface area contributed by atoms with E-state index in [0.717, 1.165) is 37.8 Å². The Morgan fingerprint density at radius 2 is 2.00 bits per heavy atom. The van der Waals surface area contributed by atoms with Crippen LogP contribution in [0.2, 0.25) is 0 Å². The van der Waals surface area contributed by atoms with Gasteiger partial charge in [0.2, 0.25) is 5.91 Å². The lowest BCUT2D eigenvalue weighted by molar-refractivity contribution is -0.157. The number of hydrogen-bond donors (Lipinski definition) is 3. The SMILES string of the molecule is C[C@@H]1CC[C@@](C)([C@]2(C)CCc3[nH]ncc3C2)N(C(=O)C(=O)Nc2cncc(C(N)=O)c2)C1. The standard InChI is InChI=1S/C23H30N6O3/c1-14-4-7-23(3,22(2)6-5-18-16(9-22)11-26-28-18)29(13-14)21(32)20(31)27-17-8-15(19(24)30)10-25-12-17/h8,10-12,14H,4-7,9,13H2,1-3H3,(H2,24,30)(H,26,28)(H,27,31)/t14-,22-,23+/m1/s1. The summed E-state index contributed by atoms with van der Waals surface area (Å²) in [4.78, 5) is 43.5. The number of fused-ring (bicyclic) bond motifs is 1. The van der Waals surface area contributed by atoms with Gasteiger partial charge >= 0.3 is 11.8 Å². The Morgan fingerprint density at radius 3 is 2.75 bits per heavy atom. The molecule has 170 valence electrons. The lowest BCUT2D eigenvalue weighted by Crippen LogP contribution is -2.65. The number of aromatic amines is 1. The minimum absolute atomic E-state index is 0.164. The van der Waals surface area contributed by atoms with Crippen LogP contribution in [0.1, 0.15) is 61.6 Å². The summed E-state index contributed by atoms with van der Waals surface area (Å²) in [7, 11) is 0. The minimum Gasteiger partial charge on any atom is -0.366 e. The maximum Gasteiger partial charge on any atom is 0.313 e. The van der Waals surface area contributed by atoms with Crippen molar-refractivity contribution in [2.45, 2.75) is 58.4 Å². The first-order chi connectivity index (χ1) is 15.1. The third kappa shape index (κ3) is 3.76. The van der Waals surface area contributed by atoms with Crippen molar-refractivity contribution >= 4 is 23.4 Å². The van der Waals surface area contributed by atoms with Crippen LogP contribution >= 0.6 is 0 Å². The summed E-state index contributed by atoms with van der Waals surface area (Å²) >= 11 is 0. The van der Waals surface area contributed by atoms with Crippen molar-refractivity contribution in [3.8, 4) is 0 Å². The molecule has 0 radical (unpaired) electrons. The predicted molar refractivity (Wildman–Crippen MR) is 119 cm³/mol. The van der Waals surface area contributed by atoms with Crippen LogP contribution in [0, 0.1) is 11.3 Å². The fourth-order valence-electron chi connectivity index (χ4n) is 5.23. The van der Waals surface area contributed by atoms with E-state index in [1.807, 2.05) is 6.20 Å². The maximum absolute atomic E-state index is 13.4. The number of nitrogens with two attached hydrogens (primary N) is 1. The fraction of sp³-hybridized carbons (Fsp3) is 0.522. The third-order valence-corrected chi connectivity index (χ3v) is 7.55. The zero-order chi connectivity index (χ0) is 23.1. The van der Waals surface area contributed by atoms with E-state index in [1.165, 1.54) is 24.0 Å². The molecule has 0 spiro atoms. The Kier molecular flexibility index (Phi) is 5.52. The summed E-state index contributed by atoms with van der Waals surface area (Å²) in [5.41, 5.74) is 7.40. The fourth-order valence-corrected chi connectivity index (χ4v) is 5.23. The number of nitrogens with zero attached hydrogens (tertiary/aromatic N) is 3. The van der Waals surface area contributed by atoms with Crippen LogP contribution in [0.5, 0.6) is 0 Å². The number of nitrogens with one attached hydrogen (secondary N) is 2. The summed E-state index contributed by atoms with van der Waals surface area (Å²) in [5, 5.41) is 9.86. The van der Waals surface area contributed by atoms with Crippen molar-refractivity contribution in [2.75, 3.05) is 11.9 Å². The second-order valence-corrected chi connectivity index (χ2v) is 9.73. The Bertz CT molecular complexity index is 1070. The van der Waals surface area contributed by atoms with Gasteiger partial charge in [-0.25, -0.2) is 0 Å². The van der Waals surface area contributed by atoms with Crippen LogP contribution in [0.3, 0.4) is 0 Å². The van der Waals surface area contributed by atoms with E-state index in [2.05, 4.69) is 41.3 Å². The molecule has 9 nitrogen and oxygen atoms in total. The second-order valence-electron chi connectivity index (χ2n) is 9.73. The van der Waals surface area contributed by atoms with Crippen LogP contribution in [-0.2, 0) is 22.4 Å². The maximum atomic E-state index is 13.4. The zero-order valence-corrected chi connectivity index (χ0v) is 18.8. The number of rotatable bonds is 3. The molecule has 1 fully saturated rings. The number of aryl methyl sites for hydroxylation is 1. The smallest absolute Gasteiger partial charge is 0.313 e. The van der Waals surface area contributed by atoms with E-state index in [1.54, 1.807) is 4.90 Å². The lowest BCUT2D eigenvalue weighted by Gasteiger charge is -2.57. The van der Waals surface area contributed by atoms with Crippen LogP contribution in [0.15, 0.2) is 24.7 Å². The first kappa shape index (κ1) is 22.0. The summed E-state index contributed by atoms with van der Waals surface area (Å²) in [6, 6.07) is 1.42. The summed E-state index contributed by atoms with van der Waals surface area (Å²) in [5.74, 6) is -1.66. The highest BCUT2D eigenvalue weighted by atomic mass is 16.2. The molecule has 1 saturated heterocycles. The summed E-state index contributed by atoms with van der Waals surface area (Å²) < 4.78 is 0. The normalized spacial score (nSPS) is 27.5. The van der Waals surface area contributed by atoms with Crippen molar-refractivity contribution in [3.63, 3.8) is 0 Å². The van der Waals surface area contributed by atoms with Crippen molar-refractivity contribution < 1.29 is 14.4 Å². The van der Waals surface area contributed by atoms with Crippen molar-refractivity contribution in [1.29, 1.82) is 0 Å². The number of amides is 3. The van der Waals surface area contributed by atoms with Crippen molar-refractivity contribution in [3.05, 3.63) is 41.5 Å². The summed E-state index contributed by atoms with van der Waals surface area (Å²) in [6.45, 7) is 6.97. The molecule has 3 atom stereocenters. The predicted octanol–water partition coefficient (Wildman–Crippen LogP) is 2.05. The Hall–Kier alpha value is -3.23. The van der Waals surface area contributed by atoms with Gasteiger partial charge < -0.3 is 16.0 Å². The topological polar surface area (TPSA) is 134 Å². The number of H-pyrrole nitrogens is 1. The van der Waals surface area contributed by atoms with Gasteiger partial charge in [-0.2, -0.15) is 5.10 Å². The van der Waals surface area contributed by atoms with E-state index in [0.29, 0.717) is 12.5 Å². The van der Waals surface area contributed by atoms with Gasteiger partial charge in [0, 0.05) is 24.0 Å². The van der Waals surface area contributed by atoms with Gasteiger partial charge in [-0.3, -0.25) is 24.5 Å². The molecule has 32 heavy (non-hydrogen) atoms. The monoisotopic (exact) mass is 438 g/mol. The summed E-state index contributed by atoms with van der Waals surface area (Å²) in [6.07, 6.45) is 8.99. The van der Waals surface area contributed by atoms with Crippen LogP contribution in [-0.4, -0.2) is 49.9 Å². The molecule has 9 heteroatoms. The number of primary amides is 1. The van der Waals surface area contributed by atoms with E-state index in [9.17, 15) is 14.4 Å². The van der Waals surface area contributed by atoms with E-state index >= 15 is 0 Å². The van der Waals surface area contributed by atoms with Gasteiger partial charge in [0.1, 0.15) is 0 Å². The van der Waals surface area contributed by atoms with Crippen molar-refractivity contribution in [1.82, 2.24) is 20.1 Å². The number of likely N-dealkylation sites (tertiary alicyclic amines) is 1. The molecular formula is C23H30N6O3. The number of pyridine rings is 1. The molecule has 3 heterocycles. The quantitative estimate of drug-likeness (QED) is 0.631. The van der Waals surface area contributed by atoms with Gasteiger partial charge in [-0.1, -0.05) is 13.8 Å². The van der Waals surface area contributed by atoms with E-state index in [4.69, 9.17) is 5.73 Å². The minimum atomic E-state index is -0.739. The van der Waals surface area contributed by atoms with E-state index in [-0.39, 0.29) is 16.7 Å². The molecule has 1 aliphatic heterocycles. The number of carbonyl (C=O) groups is 3. The largest absolute Gasteiger partial charge is 0.366 e. The van der Waals surface area contributed by atoms with Crippen LogP contribution < -0.4 is 11.1 Å². The molecule has 2 aromatic rings. The average molecular weight is 439 g/mol. The zero-order valence-electron chi connectivity index (χ0n) is 18.8. The molecule has 0 aromatic carbocycles. The number of anilines is 1. The third-order valence-electron chi connectivity index (χ3n) is 7.55. The Balaban J connectivity index is 1.59. The number of hydrogen-bond acceptors (Lipinski definition) is 5. The van der Waals surface area contributed by atoms with Gasteiger partial charge in [0.05, 0.1) is 23.6 Å². The molecule has 0 unspecified atom stereocenters. The molecule has 2 aliphatic rings. The first-order valence-corrected chi connectivity index (χ1v) is 11.0. The van der Waals surface area contributed by atoms with Gasteiger partial charge in [0.15, 0.2) is 0 Å². The van der Waals surface area contributed by atoms with Crippen molar-refractivity contribution in [2.24, 2.45) is 17.1 Å². The number of aromatic nitrogens is 3. The Labute approximate surface area is 187 Å². The lowest BCUT2D eigenvalue weighted by atomic mass is 9.59. The molecule has 2 aromatic heterocycles. The molecule has 0 saturated carbocycles.